The molecule has 1 nitrogen and oxygen atoms in total. The monoisotopic (exact) mass is 139 g/mol. The molecule has 1 heteroatoms. The Hall–Kier alpha value is -0.460. The Balaban J connectivity index is 2.19. The molecule has 1 fully saturated rings. The zero-order valence-electron chi connectivity index (χ0n) is 6.77. The van der Waals surface area contributed by atoms with Crippen LogP contribution in [0.1, 0.15) is 32.1 Å². The molecule has 0 radical (unpaired) electrons. The van der Waals surface area contributed by atoms with Crippen molar-refractivity contribution >= 4 is 0 Å². The topological polar surface area (TPSA) is 12.0 Å². The zero-order chi connectivity index (χ0) is 7.23. The number of rotatable bonds is 2. The molecule has 1 N–H and O–H groups in total. The molecule has 0 unspecified atom stereocenters. The Kier molecular flexibility index (Phi) is 3.34. The molecule has 0 aliphatic heterocycles. The summed E-state index contributed by atoms with van der Waals surface area (Å²) in [5.41, 5.74) is 0. The minimum atomic E-state index is 0.862. The van der Waals surface area contributed by atoms with Crippen LogP contribution in [0.2, 0.25) is 0 Å². The molecule has 0 aromatic carbocycles. The van der Waals surface area contributed by atoms with Crippen LogP contribution in [0.3, 0.4) is 0 Å². The first-order chi connectivity index (χ1) is 4.93. The minimum absolute atomic E-state index is 0.862. The van der Waals surface area contributed by atoms with Crippen molar-refractivity contribution in [3.8, 4) is 0 Å². The van der Waals surface area contributed by atoms with Crippen LogP contribution in [0, 0.1) is 5.92 Å². The van der Waals surface area contributed by atoms with Crippen LogP contribution >= 0.6 is 0 Å². The smallest absolute Gasteiger partial charge is 0.00276 e. The fourth-order valence-corrected chi connectivity index (χ4v) is 1.56. The minimum Gasteiger partial charge on any atom is -0.394 e. The van der Waals surface area contributed by atoms with Gasteiger partial charge in [-0.05, 0) is 25.0 Å². The first kappa shape index (κ1) is 7.64. The van der Waals surface area contributed by atoms with Crippen molar-refractivity contribution in [1.29, 1.82) is 0 Å². The highest BCUT2D eigenvalue weighted by Gasteiger charge is 2.08. The van der Waals surface area contributed by atoms with Gasteiger partial charge < -0.3 is 5.32 Å². The SMILES string of the molecule is CN/C=C/C1CCCCC1. The molecule has 1 aliphatic carbocycles. The van der Waals surface area contributed by atoms with Gasteiger partial charge in [-0.3, -0.25) is 0 Å². The Bertz CT molecular complexity index is 101. The Labute approximate surface area is 63.5 Å². The van der Waals surface area contributed by atoms with E-state index in [2.05, 4.69) is 17.6 Å². The lowest BCUT2D eigenvalue weighted by molar-refractivity contribution is 0.418. The maximum absolute atomic E-state index is 3.03. The molecule has 0 spiro atoms. The van der Waals surface area contributed by atoms with E-state index in [1.807, 2.05) is 7.05 Å². The average molecular weight is 139 g/mol. The van der Waals surface area contributed by atoms with Crippen LogP contribution in [0.5, 0.6) is 0 Å². The molecule has 0 atom stereocenters. The quantitative estimate of drug-likeness (QED) is 0.619. The number of nitrogens with one attached hydrogen (secondary N) is 1. The third kappa shape index (κ3) is 2.42. The van der Waals surface area contributed by atoms with Crippen molar-refractivity contribution in [3.05, 3.63) is 12.3 Å². The Morgan fingerprint density at radius 1 is 1.20 bits per heavy atom. The van der Waals surface area contributed by atoms with Crippen LogP contribution in [-0.4, -0.2) is 7.05 Å². The molecule has 1 saturated carbocycles. The summed E-state index contributed by atoms with van der Waals surface area (Å²) in [7, 11) is 1.96. The maximum Gasteiger partial charge on any atom is 0.00276 e. The van der Waals surface area contributed by atoms with E-state index in [0.29, 0.717) is 0 Å². The van der Waals surface area contributed by atoms with Gasteiger partial charge in [0.1, 0.15) is 0 Å². The van der Waals surface area contributed by atoms with Crippen LogP contribution in [0.25, 0.3) is 0 Å². The largest absolute Gasteiger partial charge is 0.394 e. The summed E-state index contributed by atoms with van der Waals surface area (Å²) in [4.78, 5) is 0. The molecule has 0 amide bonds. The van der Waals surface area contributed by atoms with Gasteiger partial charge in [-0.1, -0.05) is 25.3 Å². The summed E-state index contributed by atoms with van der Waals surface area (Å²) in [5.74, 6) is 0.862. The van der Waals surface area contributed by atoms with E-state index < -0.39 is 0 Å². The van der Waals surface area contributed by atoms with E-state index in [4.69, 9.17) is 0 Å². The van der Waals surface area contributed by atoms with Gasteiger partial charge in [0.15, 0.2) is 0 Å². The molecule has 0 saturated heterocycles. The fourth-order valence-electron chi connectivity index (χ4n) is 1.56. The predicted molar refractivity (Wildman–Crippen MR) is 44.8 cm³/mol. The van der Waals surface area contributed by atoms with Crippen LogP contribution in [-0.2, 0) is 0 Å². The lowest BCUT2D eigenvalue weighted by Crippen LogP contribution is -2.04. The van der Waals surface area contributed by atoms with E-state index >= 15 is 0 Å². The highest BCUT2D eigenvalue weighted by Crippen LogP contribution is 2.23. The molecule has 0 heterocycles. The number of hydrogen-bond acceptors (Lipinski definition) is 1. The molecule has 0 aromatic rings. The summed E-state index contributed by atoms with van der Waals surface area (Å²) in [5, 5.41) is 3.03. The second-order valence-corrected chi connectivity index (χ2v) is 3.05. The van der Waals surface area contributed by atoms with Gasteiger partial charge in [0.05, 0.1) is 0 Å². The normalized spacial score (nSPS) is 21.7. The first-order valence-corrected chi connectivity index (χ1v) is 4.27. The summed E-state index contributed by atoms with van der Waals surface area (Å²) >= 11 is 0. The third-order valence-corrected chi connectivity index (χ3v) is 2.18. The van der Waals surface area contributed by atoms with Gasteiger partial charge in [-0.15, -0.1) is 0 Å². The van der Waals surface area contributed by atoms with E-state index in [1.165, 1.54) is 32.1 Å². The molecule has 0 aromatic heterocycles. The average Bonchev–Trinajstić information content (AvgIpc) is 2.03. The maximum atomic E-state index is 3.03. The van der Waals surface area contributed by atoms with Crippen LogP contribution < -0.4 is 5.32 Å². The second-order valence-electron chi connectivity index (χ2n) is 3.05. The molecular weight excluding hydrogens is 122 g/mol. The molecule has 1 aliphatic rings. The van der Waals surface area contributed by atoms with Crippen molar-refractivity contribution < 1.29 is 0 Å². The summed E-state index contributed by atoms with van der Waals surface area (Å²) in [6, 6.07) is 0. The van der Waals surface area contributed by atoms with Crippen molar-refractivity contribution in [2.75, 3.05) is 7.05 Å². The first-order valence-electron chi connectivity index (χ1n) is 4.27. The molecule has 10 heavy (non-hydrogen) atoms. The van der Waals surface area contributed by atoms with E-state index in [9.17, 15) is 0 Å². The summed E-state index contributed by atoms with van der Waals surface area (Å²) in [6.07, 6.45) is 11.5. The second kappa shape index (κ2) is 4.37. The lowest BCUT2D eigenvalue weighted by atomic mass is 9.89. The van der Waals surface area contributed by atoms with E-state index in [1.54, 1.807) is 0 Å². The third-order valence-electron chi connectivity index (χ3n) is 2.18. The molecule has 0 bridgehead atoms. The predicted octanol–water partition coefficient (Wildman–Crippen LogP) is 2.30. The van der Waals surface area contributed by atoms with E-state index in [-0.39, 0.29) is 0 Å². The fraction of sp³-hybridized carbons (Fsp3) is 0.778. The van der Waals surface area contributed by atoms with Crippen molar-refractivity contribution in [1.82, 2.24) is 5.32 Å². The van der Waals surface area contributed by atoms with Gasteiger partial charge in [0.2, 0.25) is 0 Å². The molecule has 1 rings (SSSR count). The number of hydrogen-bond donors (Lipinski definition) is 1. The van der Waals surface area contributed by atoms with Gasteiger partial charge >= 0.3 is 0 Å². The lowest BCUT2D eigenvalue weighted by Gasteiger charge is -2.17. The van der Waals surface area contributed by atoms with Gasteiger partial charge in [0, 0.05) is 7.05 Å². The highest BCUT2D eigenvalue weighted by atomic mass is 14.8. The standard InChI is InChI=1S/C9H17N/c1-10-8-7-9-5-3-2-4-6-9/h7-10H,2-6H2,1H3/b8-7+. The Morgan fingerprint density at radius 2 is 1.90 bits per heavy atom. The van der Waals surface area contributed by atoms with Crippen molar-refractivity contribution in [2.45, 2.75) is 32.1 Å². The van der Waals surface area contributed by atoms with Gasteiger partial charge in [0.25, 0.3) is 0 Å². The molecule has 58 valence electrons. The van der Waals surface area contributed by atoms with Crippen LogP contribution in [0.4, 0.5) is 0 Å². The van der Waals surface area contributed by atoms with Crippen molar-refractivity contribution in [3.63, 3.8) is 0 Å². The van der Waals surface area contributed by atoms with Crippen LogP contribution in [0.15, 0.2) is 12.3 Å². The van der Waals surface area contributed by atoms with Crippen molar-refractivity contribution in [2.24, 2.45) is 5.92 Å². The van der Waals surface area contributed by atoms with E-state index in [0.717, 1.165) is 5.92 Å². The highest BCUT2D eigenvalue weighted by molar-refractivity contribution is 4.87. The summed E-state index contributed by atoms with van der Waals surface area (Å²) < 4.78 is 0. The molecular formula is C9H17N. The summed E-state index contributed by atoms with van der Waals surface area (Å²) in [6.45, 7) is 0. The van der Waals surface area contributed by atoms with Gasteiger partial charge in [-0.25, -0.2) is 0 Å². The number of allylic oxidation sites excluding steroid dienone is 1. The zero-order valence-corrected chi connectivity index (χ0v) is 6.77. The Morgan fingerprint density at radius 3 is 2.50 bits per heavy atom. The van der Waals surface area contributed by atoms with Gasteiger partial charge in [-0.2, -0.15) is 0 Å².